The molecule has 5 aliphatic heterocycles. The smallest absolute Gasteiger partial charge is 0.226 e. The molecule has 11 fully saturated rings. The lowest BCUT2D eigenvalue weighted by molar-refractivity contribution is -0.145. The van der Waals surface area contributed by atoms with Gasteiger partial charge in [0.2, 0.25) is 35.4 Å². The van der Waals surface area contributed by atoms with Crippen LogP contribution in [0.2, 0.25) is 0 Å². The van der Waals surface area contributed by atoms with Crippen molar-refractivity contribution in [2.45, 2.75) is 376 Å². The zero-order valence-electron chi connectivity index (χ0n) is 95.5. The standard InChI is InChI=1S/C21H38N2O2.2C20H36N2O2.2C19H34N2O2.C18H30N2O2/c1-15(2)23-13-9-10-16(23)14-22(6)20(25)18-12-8-7-11-17(18)19(24)21(3,4)5;2*1-6-22-13-9-10-15(22)14-21(5)19(24)17-12-8-7-11-16(17)18(23)20(2,3)4;2*1-19(2,3)17(22)15-9-5-6-10-16(15)18(23)20(4)13-14-21-11-7-8-12-21;1-18(2,3)16(21)14-12-7-8-13(11-12)15(14)17(22)20(6)10-9-19(4)5/h15-18H,7-14H2,1-6H3;2*15-17H,6-14H2,1-5H3;2*15-16H,5-14H2,1-4H3;7-8,12-15H,9-11H2,1-6H3/t16-,17+,18-;15-,16+,17-;15-,16-,17+;2*15-,16+;12?,13?,14-,15+/m010100/s1. The lowest BCUT2D eigenvalue weighted by Gasteiger charge is -2.37. The monoisotopic (exact) mass is 1970 g/mol. The normalized spacial score (nSPS) is 28.1. The first kappa shape index (κ1) is 122. The molecule has 24 heteroatoms. The molecule has 0 aromatic carbocycles. The van der Waals surface area contributed by atoms with Gasteiger partial charge < -0.3 is 44.1 Å². The number of ketones is 6. The maximum Gasteiger partial charge on any atom is 0.226 e. The predicted molar refractivity (Wildman–Crippen MR) is 573 cm³/mol. The van der Waals surface area contributed by atoms with Gasteiger partial charge in [0, 0.05) is 223 Å². The van der Waals surface area contributed by atoms with Crippen molar-refractivity contribution in [1.29, 1.82) is 0 Å². The number of hydrogen-bond acceptors (Lipinski definition) is 18. The highest BCUT2D eigenvalue weighted by Gasteiger charge is 2.55. The molecule has 24 nitrogen and oxygen atoms in total. The van der Waals surface area contributed by atoms with Crippen molar-refractivity contribution in [3.8, 4) is 0 Å². The molecule has 0 radical (unpaired) electrons. The van der Waals surface area contributed by atoms with Crippen LogP contribution in [0.5, 0.6) is 0 Å². The van der Waals surface area contributed by atoms with Gasteiger partial charge in [-0.2, -0.15) is 0 Å². The van der Waals surface area contributed by atoms with Crippen molar-refractivity contribution < 1.29 is 57.5 Å². The van der Waals surface area contributed by atoms with E-state index in [4.69, 9.17) is 0 Å². The Morgan fingerprint density at radius 1 is 0.270 bits per heavy atom. The Morgan fingerprint density at radius 2 is 0.518 bits per heavy atom. The third kappa shape index (κ3) is 35.5. The summed E-state index contributed by atoms with van der Waals surface area (Å²) >= 11 is 0. The van der Waals surface area contributed by atoms with Crippen LogP contribution >= 0.6 is 0 Å². The van der Waals surface area contributed by atoms with E-state index in [2.05, 4.69) is 69.2 Å². The van der Waals surface area contributed by atoms with Crippen molar-refractivity contribution >= 4 is 70.1 Å². The Hall–Kier alpha value is -5.66. The van der Waals surface area contributed by atoms with Crippen molar-refractivity contribution in [2.24, 2.45) is 115 Å². The molecule has 0 N–H and O–H groups in total. The van der Waals surface area contributed by atoms with Crippen LogP contribution in [0.4, 0.5) is 0 Å². The van der Waals surface area contributed by atoms with E-state index in [1.165, 1.54) is 64.2 Å². The summed E-state index contributed by atoms with van der Waals surface area (Å²) in [6.07, 6.45) is 37.1. The molecule has 12 aliphatic rings. The van der Waals surface area contributed by atoms with Gasteiger partial charge in [-0.05, 0) is 234 Å². The molecular formula is C117H208N12O12. The minimum Gasteiger partial charge on any atom is -0.344 e. The van der Waals surface area contributed by atoms with Crippen LogP contribution in [-0.4, -0.2) is 327 Å². The van der Waals surface area contributed by atoms with Crippen LogP contribution in [0, 0.1) is 115 Å². The number of allylic oxidation sites excluding steroid dienone is 2. The number of likely N-dealkylation sites (N-methyl/N-ethyl adjacent to an activating group) is 9. The molecule has 808 valence electrons. The van der Waals surface area contributed by atoms with Crippen LogP contribution in [0.15, 0.2) is 12.2 Å². The van der Waals surface area contributed by atoms with Gasteiger partial charge in [-0.25, -0.2) is 0 Å². The maximum absolute atomic E-state index is 13.2. The Labute approximate surface area is 858 Å². The molecule has 2 unspecified atom stereocenters. The summed E-state index contributed by atoms with van der Waals surface area (Å²) in [5.74, 6) is 1.95. The molecule has 12 rings (SSSR count). The predicted octanol–water partition coefficient (Wildman–Crippen LogP) is 18.4. The fraction of sp³-hybridized carbons (Fsp3) is 0.880. The molecule has 6 amide bonds. The fourth-order valence-electron chi connectivity index (χ4n) is 25.4. The minimum atomic E-state index is -0.385. The van der Waals surface area contributed by atoms with E-state index >= 15 is 0 Å². The summed E-state index contributed by atoms with van der Waals surface area (Å²) in [4.78, 5) is 181. The molecule has 6 saturated carbocycles. The van der Waals surface area contributed by atoms with Crippen molar-refractivity contribution in [3.05, 3.63) is 12.2 Å². The summed E-state index contributed by atoms with van der Waals surface area (Å²) in [6, 6.07) is 1.98. The van der Waals surface area contributed by atoms with Gasteiger partial charge in [0.1, 0.15) is 34.7 Å². The van der Waals surface area contributed by atoms with Crippen LogP contribution in [0.1, 0.15) is 351 Å². The molecule has 2 bridgehead atoms. The van der Waals surface area contributed by atoms with Crippen LogP contribution in [-0.2, 0) is 57.5 Å². The number of fused-ring (bicyclic) bond motifs is 2. The molecule has 5 heterocycles. The van der Waals surface area contributed by atoms with Crippen molar-refractivity contribution in [2.75, 3.05) is 174 Å². The molecular weight excluding hydrogens is 1770 g/mol. The average molecular weight is 1980 g/mol. The summed E-state index contributed by atoms with van der Waals surface area (Å²) < 4.78 is 0. The van der Waals surface area contributed by atoms with Gasteiger partial charge in [-0.1, -0.05) is 215 Å². The molecule has 0 aromatic heterocycles. The average Bonchev–Trinajstić information content (AvgIpc) is 1.60. The Balaban J connectivity index is 0.000000230. The first-order chi connectivity index (χ1) is 65.9. The van der Waals surface area contributed by atoms with Crippen LogP contribution in [0.3, 0.4) is 0 Å². The van der Waals surface area contributed by atoms with Gasteiger partial charge in [0.05, 0.1) is 5.92 Å². The topological polar surface area (TPSA) is 244 Å². The highest BCUT2D eigenvalue weighted by molar-refractivity contribution is 5.96. The number of Topliss-reactive ketones (excluding diaryl/α,β-unsaturated/α-hetero) is 6. The van der Waals surface area contributed by atoms with Gasteiger partial charge in [0.25, 0.3) is 0 Å². The number of nitrogens with zero attached hydrogens (tertiary/aromatic N) is 12. The number of amides is 6. The quantitative estimate of drug-likeness (QED) is 0.0607. The molecule has 141 heavy (non-hydrogen) atoms. The van der Waals surface area contributed by atoms with Crippen molar-refractivity contribution in [3.63, 3.8) is 0 Å². The second kappa shape index (κ2) is 55.6. The summed E-state index contributed by atoms with van der Waals surface area (Å²) in [6.45, 7) is 62.1. The maximum atomic E-state index is 13.2. The van der Waals surface area contributed by atoms with Crippen LogP contribution in [0.25, 0.3) is 0 Å². The summed E-state index contributed by atoms with van der Waals surface area (Å²) in [5.41, 5.74) is -2.17. The second-order valence-corrected chi connectivity index (χ2v) is 52.0. The summed E-state index contributed by atoms with van der Waals surface area (Å²) in [7, 11) is 15.5. The zero-order valence-corrected chi connectivity index (χ0v) is 95.5. The zero-order chi connectivity index (χ0) is 105. The molecule has 0 aromatic rings. The largest absolute Gasteiger partial charge is 0.344 e. The molecule has 0 spiro atoms. The number of rotatable bonds is 30. The Morgan fingerprint density at radius 3 is 0.787 bits per heavy atom. The van der Waals surface area contributed by atoms with E-state index in [0.29, 0.717) is 30.7 Å². The van der Waals surface area contributed by atoms with E-state index in [1.54, 1.807) is 0 Å². The number of carbonyl (C=O) groups excluding carboxylic acids is 12. The lowest BCUT2D eigenvalue weighted by atomic mass is 9.70. The van der Waals surface area contributed by atoms with Gasteiger partial charge in [-0.3, -0.25) is 72.2 Å². The SMILES string of the molecule is CC(C)N1CCC[C@H]1CN(C)C(=O)[C@H]1CCCC[C@H]1C(=O)C(C)(C)C.CCN1CCC[C@@H]1CN(C)C(=O)[C@@H]1CCCC[C@@H]1C(=O)C(C)(C)C.CCN1CCC[C@H]1CN(C)C(=O)[C@@H]1CCCC[C@@H]1C(=O)C(C)(C)C.CN(C)CCN(C)C(=O)[C@@H]1C2C=CC(C2)[C@@H]1C(=O)C(C)(C)C.CN(CCN1CCCC1)C(=O)[C@@H]1CCCC[C@@H]1C(=O)C(C)(C)C.CN(CCN1CCCC1)C(=O)[C@H]1CCCC[C@H]1C(=O)C(C)(C)C. The number of carbonyl (C=O) groups is 12. The van der Waals surface area contributed by atoms with E-state index in [1.807, 2.05) is 210 Å². The second-order valence-electron chi connectivity index (χ2n) is 52.0. The minimum absolute atomic E-state index is 0.0783. The van der Waals surface area contributed by atoms with Gasteiger partial charge >= 0.3 is 0 Å². The number of likely N-dealkylation sites (tertiary alicyclic amines) is 5. The first-order valence-corrected chi connectivity index (χ1v) is 56.6. The Bertz CT molecular complexity index is 3850. The van der Waals surface area contributed by atoms with Gasteiger partial charge in [0.15, 0.2) is 0 Å². The third-order valence-corrected chi connectivity index (χ3v) is 34.0. The summed E-state index contributed by atoms with van der Waals surface area (Å²) in [5, 5.41) is 0. The molecule has 17 atom stereocenters. The van der Waals surface area contributed by atoms with Crippen molar-refractivity contribution in [1.82, 2.24) is 58.8 Å². The highest BCUT2D eigenvalue weighted by Crippen LogP contribution is 2.52. The molecule has 5 saturated heterocycles. The first-order valence-electron chi connectivity index (χ1n) is 56.6. The molecule has 7 aliphatic carbocycles. The van der Waals surface area contributed by atoms with E-state index in [0.717, 1.165) is 246 Å². The lowest BCUT2D eigenvalue weighted by Crippen LogP contribution is -2.48. The van der Waals surface area contributed by atoms with Gasteiger partial charge in [-0.15, -0.1) is 0 Å². The Kier molecular flexibility index (Phi) is 48.2. The fourth-order valence-corrected chi connectivity index (χ4v) is 25.4. The van der Waals surface area contributed by atoms with E-state index in [-0.39, 0.29) is 185 Å². The number of hydrogen-bond donors (Lipinski definition) is 0. The highest BCUT2D eigenvalue weighted by atomic mass is 16.2. The van der Waals surface area contributed by atoms with E-state index in [9.17, 15) is 57.5 Å². The van der Waals surface area contributed by atoms with Crippen LogP contribution < -0.4 is 0 Å². The third-order valence-electron chi connectivity index (χ3n) is 34.0. The van der Waals surface area contributed by atoms with E-state index < -0.39 is 0 Å².